The maximum atomic E-state index is 11.7. The molecule has 1 aromatic heterocycles. The summed E-state index contributed by atoms with van der Waals surface area (Å²) in [6, 6.07) is 3.52. The third-order valence-electron chi connectivity index (χ3n) is 3.18. The van der Waals surface area contributed by atoms with Crippen molar-refractivity contribution < 1.29 is 9.53 Å². The minimum Gasteiger partial charge on any atom is -0.378 e. The van der Waals surface area contributed by atoms with Crippen LogP contribution in [0.1, 0.15) is 31.2 Å². The molecule has 1 aliphatic rings. The molecule has 0 unspecified atom stereocenters. The van der Waals surface area contributed by atoms with Crippen LogP contribution in [0.25, 0.3) is 0 Å². The normalized spacial score (nSPS) is 18.9. The standard InChI is InChI=1S/C14H21N3O2/c1-11-5-7-15-13(10-11)17-14(18)16-8-6-12-4-2-3-9-19-12/h5,7,10,12H,2-4,6,8-9H2,1H3,(H2,15,16,17,18)/t12-/m0/s1. The van der Waals surface area contributed by atoms with E-state index in [9.17, 15) is 4.79 Å². The molecule has 104 valence electrons. The van der Waals surface area contributed by atoms with E-state index in [-0.39, 0.29) is 6.03 Å². The number of ether oxygens (including phenoxy) is 1. The number of urea groups is 1. The molecule has 0 aromatic carbocycles. The Kier molecular flexibility index (Phi) is 5.15. The Morgan fingerprint density at radius 1 is 1.53 bits per heavy atom. The molecule has 2 amide bonds. The lowest BCUT2D eigenvalue weighted by Gasteiger charge is -2.22. The second kappa shape index (κ2) is 7.09. The van der Waals surface area contributed by atoms with Crippen LogP contribution in [0.15, 0.2) is 18.3 Å². The van der Waals surface area contributed by atoms with Crippen LogP contribution in [0.5, 0.6) is 0 Å². The van der Waals surface area contributed by atoms with Gasteiger partial charge < -0.3 is 10.1 Å². The summed E-state index contributed by atoms with van der Waals surface area (Å²) >= 11 is 0. The molecule has 2 rings (SSSR count). The molecule has 5 nitrogen and oxygen atoms in total. The second-order valence-corrected chi connectivity index (χ2v) is 4.88. The Hall–Kier alpha value is -1.62. The number of amides is 2. The SMILES string of the molecule is Cc1ccnc(NC(=O)NCC[C@@H]2CCCCO2)c1. The highest BCUT2D eigenvalue weighted by Crippen LogP contribution is 2.14. The lowest BCUT2D eigenvalue weighted by molar-refractivity contribution is 0.0120. The summed E-state index contributed by atoms with van der Waals surface area (Å²) in [6.45, 7) is 3.44. The fraction of sp³-hybridized carbons (Fsp3) is 0.571. The third kappa shape index (κ3) is 4.87. The number of nitrogens with zero attached hydrogens (tertiary/aromatic N) is 1. The van der Waals surface area contributed by atoms with Gasteiger partial charge in [0.15, 0.2) is 0 Å². The van der Waals surface area contributed by atoms with Crippen LogP contribution < -0.4 is 10.6 Å². The number of rotatable bonds is 4. The largest absolute Gasteiger partial charge is 0.378 e. The van der Waals surface area contributed by atoms with Crippen LogP contribution >= 0.6 is 0 Å². The Balaban J connectivity index is 1.67. The van der Waals surface area contributed by atoms with Crippen LogP contribution in [0.4, 0.5) is 10.6 Å². The highest BCUT2D eigenvalue weighted by atomic mass is 16.5. The molecule has 2 heterocycles. The zero-order valence-electron chi connectivity index (χ0n) is 11.3. The summed E-state index contributed by atoms with van der Waals surface area (Å²) in [5, 5.41) is 5.55. The molecule has 19 heavy (non-hydrogen) atoms. The van der Waals surface area contributed by atoms with Gasteiger partial charge in [-0.2, -0.15) is 0 Å². The van der Waals surface area contributed by atoms with Crippen molar-refractivity contribution in [2.45, 2.75) is 38.7 Å². The van der Waals surface area contributed by atoms with E-state index in [1.165, 1.54) is 6.42 Å². The van der Waals surface area contributed by atoms with E-state index in [2.05, 4.69) is 15.6 Å². The number of pyridine rings is 1. The lowest BCUT2D eigenvalue weighted by Crippen LogP contribution is -2.32. The van der Waals surface area contributed by atoms with Gasteiger partial charge in [-0.15, -0.1) is 0 Å². The van der Waals surface area contributed by atoms with Gasteiger partial charge in [0, 0.05) is 19.3 Å². The molecule has 0 spiro atoms. The summed E-state index contributed by atoms with van der Waals surface area (Å²) in [5.74, 6) is 0.575. The molecule has 0 radical (unpaired) electrons. The van der Waals surface area contributed by atoms with Gasteiger partial charge in [0.1, 0.15) is 5.82 Å². The maximum absolute atomic E-state index is 11.7. The summed E-state index contributed by atoms with van der Waals surface area (Å²) in [4.78, 5) is 15.7. The number of carbonyl (C=O) groups is 1. The molecular weight excluding hydrogens is 242 g/mol. The topological polar surface area (TPSA) is 63.2 Å². The molecule has 5 heteroatoms. The fourth-order valence-electron chi connectivity index (χ4n) is 2.15. The van der Waals surface area contributed by atoms with Gasteiger partial charge in [0.05, 0.1) is 6.10 Å². The number of nitrogens with one attached hydrogen (secondary N) is 2. The van der Waals surface area contributed by atoms with Gasteiger partial charge in [-0.1, -0.05) is 0 Å². The molecule has 1 aliphatic heterocycles. The quantitative estimate of drug-likeness (QED) is 0.877. The Morgan fingerprint density at radius 3 is 3.16 bits per heavy atom. The fourth-order valence-corrected chi connectivity index (χ4v) is 2.15. The number of anilines is 1. The Labute approximate surface area is 113 Å². The van der Waals surface area contributed by atoms with Gasteiger partial charge >= 0.3 is 6.03 Å². The molecule has 1 saturated heterocycles. The van der Waals surface area contributed by atoms with E-state index in [4.69, 9.17) is 4.74 Å². The smallest absolute Gasteiger partial charge is 0.320 e. The summed E-state index contributed by atoms with van der Waals surface area (Å²) < 4.78 is 5.61. The highest BCUT2D eigenvalue weighted by molar-refractivity contribution is 5.88. The molecular formula is C14H21N3O2. The predicted octanol–water partition coefficient (Wildman–Crippen LogP) is 2.47. The van der Waals surface area contributed by atoms with Crippen molar-refractivity contribution in [1.29, 1.82) is 0 Å². The minimum atomic E-state index is -0.214. The summed E-state index contributed by atoms with van der Waals surface area (Å²) in [7, 11) is 0. The minimum absolute atomic E-state index is 0.214. The van der Waals surface area contributed by atoms with Gasteiger partial charge in [-0.05, 0) is 50.3 Å². The lowest BCUT2D eigenvalue weighted by atomic mass is 10.1. The van der Waals surface area contributed by atoms with Gasteiger partial charge in [-0.25, -0.2) is 9.78 Å². The molecule has 2 N–H and O–H groups in total. The van der Waals surface area contributed by atoms with Crippen molar-refractivity contribution in [3.63, 3.8) is 0 Å². The number of hydrogen-bond acceptors (Lipinski definition) is 3. The Morgan fingerprint density at radius 2 is 2.42 bits per heavy atom. The van der Waals surface area contributed by atoms with Crippen molar-refractivity contribution in [2.24, 2.45) is 0 Å². The van der Waals surface area contributed by atoms with Gasteiger partial charge in [0.2, 0.25) is 0 Å². The molecule has 0 aliphatic carbocycles. The van der Waals surface area contributed by atoms with E-state index in [1.54, 1.807) is 6.20 Å². The van der Waals surface area contributed by atoms with Gasteiger partial charge in [0.25, 0.3) is 0 Å². The van der Waals surface area contributed by atoms with Crippen LogP contribution in [-0.2, 0) is 4.74 Å². The number of aromatic nitrogens is 1. The second-order valence-electron chi connectivity index (χ2n) is 4.88. The van der Waals surface area contributed by atoms with Crippen molar-refractivity contribution in [3.8, 4) is 0 Å². The van der Waals surface area contributed by atoms with Crippen molar-refractivity contribution in [2.75, 3.05) is 18.5 Å². The van der Waals surface area contributed by atoms with Crippen molar-refractivity contribution >= 4 is 11.8 Å². The Bertz CT molecular complexity index is 417. The zero-order chi connectivity index (χ0) is 13.5. The molecule has 1 aromatic rings. The predicted molar refractivity (Wildman–Crippen MR) is 74.2 cm³/mol. The summed E-state index contributed by atoms with van der Waals surface area (Å²) in [6.07, 6.45) is 6.33. The number of aryl methyl sites for hydroxylation is 1. The first-order valence-corrected chi connectivity index (χ1v) is 6.83. The maximum Gasteiger partial charge on any atom is 0.320 e. The van der Waals surface area contributed by atoms with E-state index < -0.39 is 0 Å². The number of carbonyl (C=O) groups excluding carboxylic acids is 1. The first kappa shape index (κ1) is 13.8. The monoisotopic (exact) mass is 263 g/mol. The first-order chi connectivity index (χ1) is 9.24. The van der Waals surface area contributed by atoms with E-state index in [1.807, 2.05) is 19.1 Å². The highest BCUT2D eigenvalue weighted by Gasteiger charge is 2.13. The molecule has 1 atom stereocenters. The van der Waals surface area contributed by atoms with Crippen LogP contribution in [0.2, 0.25) is 0 Å². The van der Waals surface area contributed by atoms with E-state index in [0.717, 1.165) is 31.4 Å². The number of hydrogen-bond donors (Lipinski definition) is 2. The van der Waals surface area contributed by atoms with Crippen molar-refractivity contribution in [3.05, 3.63) is 23.9 Å². The van der Waals surface area contributed by atoms with Crippen LogP contribution in [-0.4, -0.2) is 30.3 Å². The third-order valence-corrected chi connectivity index (χ3v) is 3.18. The average molecular weight is 263 g/mol. The van der Waals surface area contributed by atoms with Gasteiger partial charge in [-0.3, -0.25) is 5.32 Å². The molecule has 1 fully saturated rings. The summed E-state index contributed by atoms with van der Waals surface area (Å²) in [5.41, 5.74) is 1.07. The zero-order valence-corrected chi connectivity index (χ0v) is 11.3. The van der Waals surface area contributed by atoms with Crippen molar-refractivity contribution in [1.82, 2.24) is 10.3 Å². The average Bonchev–Trinajstić information content (AvgIpc) is 2.40. The van der Waals surface area contributed by atoms with Crippen LogP contribution in [0, 0.1) is 6.92 Å². The van der Waals surface area contributed by atoms with E-state index >= 15 is 0 Å². The van der Waals surface area contributed by atoms with E-state index in [0.29, 0.717) is 18.5 Å². The van der Waals surface area contributed by atoms with Crippen LogP contribution in [0.3, 0.4) is 0 Å². The first-order valence-electron chi connectivity index (χ1n) is 6.83. The molecule has 0 bridgehead atoms. The molecule has 0 saturated carbocycles.